The van der Waals surface area contributed by atoms with Crippen molar-refractivity contribution < 1.29 is 10.2 Å². The molecule has 0 radical (unpaired) electrons. The summed E-state index contributed by atoms with van der Waals surface area (Å²) in [6.45, 7) is 4.92. The van der Waals surface area contributed by atoms with Crippen molar-refractivity contribution in [3.63, 3.8) is 0 Å². The molecule has 0 aromatic rings. The van der Waals surface area contributed by atoms with Crippen molar-refractivity contribution in [1.82, 2.24) is 5.32 Å². The molecule has 0 aliphatic heterocycles. The molecule has 0 saturated heterocycles. The van der Waals surface area contributed by atoms with Gasteiger partial charge in [0, 0.05) is 19.2 Å². The van der Waals surface area contributed by atoms with Crippen molar-refractivity contribution in [2.75, 3.05) is 19.8 Å². The summed E-state index contributed by atoms with van der Waals surface area (Å²) >= 11 is 0. The van der Waals surface area contributed by atoms with E-state index in [1.165, 1.54) is 0 Å². The van der Waals surface area contributed by atoms with Crippen LogP contribution < -0.4 is 5.32 Å². The molecule has 0 heterocycles. The summed E-state index contributed by atoms with van der Waals surface area (Å²) < 4.78 is 0. The lowest BCUT2D eigenvalue weighted by molar-refractivity contribution is 0.200. The molecule has 0 aromatic heterocycles. The fourth-order valence-electron chi connectivity index (χ4n) is 0.652. The topological polar surface area (TPSA) is 52.5 Å². The molecule has 0 saturated carbocycles. The maximum absolute atomic E-state index is 8.70. The van der Waals surface area contributed by atoms with Gasteiger partial charge in [0.15, 0.2) is 0 Å². The summed E-state index contributed by atoms with van der Waals surface area (Å²) in [6.07, 6.45) is 0. The number of hydrogen-bond donors (Lipinski definition) is 3. The van der Waals surface area contributed by atoms with Gasteiger partial charge in [-0.15, -0.1) is 0 Å². The highest BCUT2D eigenvalue weighted by Gasteiger charge is 2.08. The maximum Gasteiger partial charge on any atom is 0.0556 e. The third-order valence-electron chi connectivity index (χ3n) is 1.72. The predicted molar refractivity (Wildman–Crippen MR) is 40.8 cm³/mol. The number of aliphatic hydroxyl groups is 2. The van der Waals surface area contributed by atoms with E-state index >= 15 is 0 Å². The van der Waals surface area contributed by atoms with E-state index in [-0.39, 0.29) is 25.2 Å². The molecule has 3 heteroatoms. The molecular weight excluding hydrogens is 130 g/mol. The van der Waals surface area contributed by atoms with Crippen molar-refractivity contribution in [3.05, 3.63) is 0 Å². The van der Waals surface area contributed by atoms with Crippen LogP contribution in [-0.2, 0) is 0 Å². The third-order valence-corrected chi connectivity index (χ3v) is 1.72. The van der Waals surface area contributed by atoms with Gasteiger partial charge in [0.25, 0.3) is 0 Å². The number of aliphatic hydroxyl groups excluding tert-OH is 2. The van der Waals surface area contributed by atoms with Crippen LogP contribution in [0.2, 0.25) is 0 Å². The van der Waals surface area contributed by atoms with E-state index in [0.717, 1.165) is 0 Å². The van der Waals surface area contributed by atoms with Gasteiger partial charge >= 0.3 is 0 Å². The lowest BCUT2D eigenvalue weighted by Gasteiger charge is -2.18. The second kappa shape index (κ2) is 5.65. The number of hydrogen-bond acceptors (Lipinski definition) is 3. The SMILES string of the molecule is CC(CO)C(C)NCCO. The second-order valence-corrected chi connectivity index (χ2v) is 2.63. The van der Waals surface area contributed by atoms with Gasteiger partial charge in [-0.25, -0.2) is 0 Å². The Balaban J connectivity index is 3.31. The molecule has 0 aliphatic carbocycles. The van der Waals surface area contributed by atoms with Crippen LogP contribution in [0.25, 0.3) is 0 Å². The lowest BCUT2D eigenvalue weighted by Crippen LogP contribution is -2.35. The van der Waals surface area contributed by atoms with Gasteiger partial charge < -0.3 is 15.5 Å². The standard InChI is InChI=1S/C7H17NO2/c1-6(5-10)7(2)8-3-4-9/h6-10H,3-5H2,1-2H3. The van der Waals surface area contributed by atoms with Gasteiger partial charge in [0.2, 0.25) is 0 Å². The first kappa shape index (κ1) is 9.88. The maximum atomic E-state index is 8.70. The summed E-state index contributed by atoms with van der Waals surface area (Å²) in [7, 11) is 0. The Bertz CT molecular complexity index is 78.0. The number of nitrogens with one attached hydrogen (secondary N) is 1. The fraction of sp³-hybridized carbons (Fsp3) is 1.00. The summed E-state index contributed by atoms with van der Waals surface area (Å²) in [6, 6.07) is 0.275. The van der Waals surface area contributed by atoms with Gasteiger partial charge in [-0.1, -0.05) is 6.92 Å². The van der Waals surface area contributed by atoms with Gasteiger partial charge in [0.05, 0.1) is 6.61 Å². The monoisotopic (exact) mass is 147 g/mol. The Morgan fingerprint density at radius 2 is 1.90 bits per heavy atom. The zero-order chi connectivity index (χ0) is 7.98. The molecule has 0 fully saturated rings. The average Bonchev–Trinajstić information content (AvgIpc) is 1.98. The average molecular weight is 147 g/mol. The van der Waals surface area contributed by atoms with Crippen LogP contribution in [-0.4, -0.2) is 36.0 Å². The smallest absolute Gasteiger partial charge is 0.0556 e. The first-order valence-corrected chi connectivity index (χ1v) is 3.67. The summed E-state index contributed by atoms with van der Waals surface area (Å²) in [5, 5.41) is 20.2. The van der Waals surface area contributed by atoms with Gasteiger partial charge in [-0.2, -0.15) is 0 Å². The summed E-state index contributed by atoms with van der Waals surface area (Å²) in [4.78, 5) is 0. The van der Waals surface area contributed by atoms with Crippen molar-refractivity contribution in [2.45, 2.75) is 19.9 Å². The van der Waals surface area contributed by atoms with E-state index in [1.54, 1.807) is 0 Å². The molecule has 3 N–H and O–H groups in total. The minimum atomic E-state index is 0.155. The Hall–Kier alpha value is -0.120. The quantitative estimate of drug-likeness (QED) is 0.495. The first-order chi connectivity index (χ1) is 4.72. The molecule has 10 heavy (non-hydrogen) atoms. The van der Waals surface area contributed by atoms with Gasteiger partial charge in [-0.05, 0) is 12.8 Å². The minimum Gasteiger partial charge on any atom is -0.396 e. The zero-order valence-electron chi connectivity index (χ0n) is 6.67. The van der Waals surface area contributed by atoms with Crippen LogP contribution in [0.1, 0.15) is 13.8 Å². The van der Waals surface area contributed by atoms with Crippen molar-refractivity contribution in [2.24, 2.45) is 5.92 Å². The Morgan fingerprint density at radius 3 is 2.30 bits per heavy atom. The van der Waals surface area contributed by atoms with Crippen LogP contribution in [0.3, 0.4) is 0 Å². The molecule has 62 valence electrons. The molecule has 0 aliphatic rings. The zero-order valence-corrected chi connectivity index (χ0v) is 6.67. The molecule has 0 spiro atoms. The highest BCUT2D eigenvalue weighted by molar-refractivity contribution is 4.66. The van der Waals surface area contributed by atoms with Gasteiger partial charge in [-0.3, -0.25) is 0 Å². The van der Waals surface area contributed by atoms with Gasteiger partial charge in [0.1, 0.15) is 0 Å². The molecule has 0 amide bonds. The van der Waals surface area contributed by atoms with E-state index in [0.29, 0.717) is 6.54 Å². The molecule has 0 rings (SSSR count). The van der Waals surface area contributed by atoms with Crippen molar-refractivity contribution in [3.8, 4) is 0 Å². The highest BCUT2D eigenvalue weighted by Crippen LogP contribution is 1.99. The molecular formula is C7H17NO2. The third kappa shape index (κ3) is 3.82. The largest absolute Gasteiger partial charge is 0.396 e. The summed E-state index contributed by atoms with van der Waals surface area (Å²) in [5.74, 6) is 0.256. The Morgan fingerprint density at radius 1 is 1.30 bits per heavy atom. The highest BCUT2D eigenvalue weighted by atomic mass is 16.3. The summed E-state index contributed by atoms with van der Waals surface area (Å²) in [5.41, 5.74) is 0. The molecule has 0 aromatic carbocycles. The van der Waals surface area contributed by atoms with Crippen LogP contribution in [0, 0.1) is 5.92 Å². The molecule has 2 unspecified atom stereocenters. The van der Waals surface area contributed by atoms with Crippen LogP contribution in [0.15, 0.2) is 0 Å². The fourth-order valence-corrected chi connectivity index (χ4v) is 0.652. The predicted octanol–water partition coefficient (Wildman–Crippen LogP) is -0.415. The lowest BCUT2D eigenvalue weighted by atomic mass is 10.1. The molecule has 3 nitrogen and oxygen atoms in total. The van der Waals surface area contributed by atoms with Crippen LogP contribution >= 0.6 is 0 Å². The van der Waals surface area contributed by atoms with E-state index in [9.17, 15) is 0 Å². The van der Waals surface area contributed by atoms with Crippen LogP contribution in [0.5, 0.6) is 0 Å². The van der Waals surface area contributed by atoms with Crippen molar-refractivity contribution >= 4 is 0 Å². The molecule has 2 atom stereocenters. The van der Waals surface area contributed by atoms with E-state index in [4.69, 9.17) is 10.2 Å². The second-order valence-electron chi connectivity index (χ2n) is 2.63. The normalized spacial score (nSPS) is 16.8. The first-order valence-electron chi connectivity index (χ1n) is 3.67. The Labute approximate surface area is 62.1 Å². The van der Waals surface area contributed by atoms with E-state index < -0.39 is 0 Å². The molecule has 0 bridgehead atoms. The number of rotatable bonds is 5. The van der Waals surface area contributed by atoms with Crippen LogP contribution in [0.4, 0.5) is 0 Å². The Kier molecular flexibility index (Phi) is 5.58. The van der Waals surface area contributed by atoms with E-state index in [1.807, 2.05) is 13.8 Å². The van der Waals surface area contributed by atoms with Crippen molar-refractivity contribution in [1.29, 1.82) is 0 Å². The minimum absolute atomic E-state index is 0.155. The van der Waals surface area contributed by atoms with E-state index in [2.05, 4.69) is 5.32 Å².